The fourth-order valence-electron chi connectivity index (χ4n) is 2.72. The average Bonchev–Trinajstić information content (AvgIpc) is 2.83. The molecule has 3 rings (SSSR count). The van der Waals surface area contributed by atoms with Crippen LogP contribution in [0.3, 0.4) is 0 Å². The van der Waals surface area contributed by atoms with Crippen LogP contribution in [0.2, 0.25) is 5.02 Å². The Hall–Kier alpha value is -1.04. The predicted molar refractivity (Wildman–Crippen MR) is 80.5 cm³/mol. The van der Waals surface area contributed by atoms with Crippen molar-refractivity contribution in [2.75, 3.05) is 0 Å². The van der Waals surface area contributed by atoms with Crippen LogP contribution >= 0.6 is 11.6 Å². The molecule has 0 radical (unpaired) electrons. The lowest BCUT2D eigenvalue weighted by molar-refractivity contribution is 0.411. The molecule has 0 saturated heterocycles. The van der Waals surface area contributed by atoms with Gasteiger partial charge in [-0.2, -0.15) is 0 Å². The van der Waals surface area contributed by atoms with E-state index in [1.54, 1.807) is 24.3 Å². The summed E-state index contributed by atoms with van der Waals surface area (Å²) in [4.78, 5) is 2.94. The number of hydrogen-bond acceptors (Lipinski definition) is 2. The smallest absolute Gasteiger partial charge is 0.256 e. The van der Waals surface area contributed by atoms with Gasteiger partial charge in [-0.3, -0.25) is 0 Å². The highest BCUT2D eigenvalue weighted by atomic mass is 35.5. The van der Waals surface area contributed by atoms with Crippen LogP contribution in [0.25, 0.3) is 10.9 Å². The minimum absolute atomic E-state index is 0.0590. The van der Waals surface area contributed by atoms with Crippen molar-refractivity contribution in [3.63, 3.8) is 0 Å². The molecule has 1 heterocycles. The van der Waals surface area contributed by atoms with Crippen LogP contribution in [-0.2, 0) is 10.0 Å². The molecule has 2 aromatic rings. The Kier molecular flexibility index (Phi) is 3.75. The molecule has 1 aliphatic carbocycles. The van der Waals surface area contributed by atoms with Crippen LogP contribution in [0.4, 0.5) is 0 Å². The maximum atomic E-state index is 12.4. The van der Waals surface area contributed by atoms with Gasteiger partial charge in [-0.05, 0) is 37.1 Å². The minimum atomic E-state index is -3.48. The van der Waals surface area contributed by atoms with Crippen molar-refractivity contribution in [3.8, 4) is 0 Å². The van der Waals surface area contributed by atoms with Gasteiger partial charge < -0.3 is 4.98 Å². The highest BCUT2D eigenvalue weighted by Gasteiger charge is 2.23. The van der Waals surface area contributed by atoms with Crippen molar-refractivity contribution in [3.05, 3.63) is 29.3 Å². The highest BCUT2D eigenvalue weighted by Crippen LogP contribution is 2.24. The summed E-state index contributed by atoms with van der Waals surface area (Å²) < 4.78 is 27.6. The topological polar surface area (TPSA) is 62.0 Å². The van der Waals surface area contributed by atoms with E-state index in [1.807, 2.05) is 0 Å². The number of aromatic nitrogens is 1. The first-order valence-electron chi connectivity index (χ1n) is 6.85. The standard InChI is InChI=1S/C14H17ClN2O2S/c15-11-6-7-13-10(8-11)9-14(16-13)20(18,19)17-12-4-2-1-3-5-12/h6-9,12,16-17H,1-5H2. The number of benzene rings is 1. The molecule has 0 unspecified atom stereocenters. The second kappa shape index (κ2) is 5.39. The van der Waals surface area contributed by atoms with Crippen LogP contribution in [0, 0.1) is 0 Å². The molecular formula is C14H17ClN2O2S. The monoisotopic (exact) mass is 312 g/mol. The maximum absolute atomic E-state index is 12.4. The summed E-state index contributed by atoms with van der Waals surface area (Å²) in [6.07, 6.45) is 5.23. The number of aromatic amines is 1. The Morgan fingerprint density at radius 2 is 1.90 bits per heavy atom. The summed E-state index contributed by atoms with van der Waals surface area (Å²) in [7, 11) is -3.48. The van der Waals surface area contributed by atoms with Crippen LogP contribution in [-0.4, -0.2) is 19.4 Å². The Balaban J connectivity index is 1.88. The minimum Gasteiger partial charge on any atom is -0.345 e. The van der Waals surface area contributed by atoms with Gasteiger partial charge in [0.1, 0.15) is 5.03 Å². The molecule has 6 heteroatoms. The van der Waals surface area contributed by atoms with Crippen molar-refractivity contribution in [2.45, 2.75) is 43.2 Å². The molecule has 1 aliphatic rings. The van der Waals surface area contributed by atoms with Gasteiger partial charge in [0.15, 0.2) is 0 Å². The first-order chi connectivity index (χ1) is 9.54. The van der Waals surface area contributed by atoms with E-state index in [-0.39, 0.29) is 11.1 Å². The molecule has 0 atom stereocenters. The Morgan fingerprint density at radius 1 is 1.15 bits per heavy atom. The number of halogens is 1. The van der Waals surface area contributed by atoms with Gasteiger partial charge in [-0.15, -0.1) is 0 Å². The van der Waals surface area contributed by atoms with Gasteiger partial charge in [0.25, 0.3) is 10.0 Å². The van der Waals surface area contributed by atoms with Crippen molar-refractivity contribution >= 4 is 32.5 Å². The van der Waals surface area contributed by atoms with Crippen LogP contribution in [0.5, 0.6) is 0 Å². The molecule has 0 amide bonds. The van der Waals surface area contributed by atoms with Crippen molar-refractivity contribution in [1.82, 2.24) is 9.71 Å². The quantitative estimate of drug-likeness (QED) is 0.912. The summed E-state index contributed by atoms with van der Waals surface area (Å²) in [6, 6.07) is 6.98. The molecule has 1 aromatic heterocycles. The SMILES string of the molecule is O=S(=O)(NC1CCCCC1)c1cc2cc(Cl)ccc2[nH]1. The Morgan fingerprint density at radius 3 is 2.65 bits per heavy atom. The van der Waals surface area contributed by atoms with Crippen LogP contribution < -0.4 is 4.72 Å². The predicted octanol–water partition coefficient (Wildman–Crippen LogP) is 3.43. The fraction of sp³-hybridized carbons (Fsp3) is 0.429. The molecule has 2 N–H and O–H groups in total. The van der Waals surface area contributed by atoms with Crippen LogP contribution in [0.15, 0.2) is 29.3 Å². The summed E-state index contributed by atoms with van der Waals surface area (Å²) >= 11 is 5.92. The normalized spacial score (nSPS) is 17.6. The summed E-state index contributed by atoms with van der Waals surface area (Å²) in [5.41, 5.74) is 0.776. The largest absolute Gasteiger partial charge is 0.345 e. The van der Waals surface area contributed by atoms with E-state index in [0.29, 0.717) is 5.02 Å². The zero-order valence-corrected chi connectivity index (χ0v) is 12.6. The summed E-state index contributed by atoms with van der Waals surface area (Å²) in [5, 5.41) is 1.61. The zero-order chi connectivity index (χ0) is 14.2. The highest BCUT2D eigenvalue weighted by molar-refractivity contribution is 7.89. The fourth-order valence-corrected chi connectivity index (χ4v) is 4.23. The molecule has 1 saturated carbocycles. The first kappa shape index (κ1) is 13.9. The number of sulfonamides is 1. The summed E-state index contributed by atoms with van der Waals surface area (Å²) in [5.74, 6) is 0. The van der Waals surface area contributed by atoms with Crippen LogP contribution in [0.1, 0.15) is 32.1 Å². The van der Waals surface area contributed by atoms with Gasteiger partial charge in [0.05, 0.1) is 0 Å². The lowest BCUT2D eigenvalue weighted by atomic mass is 9.96. The van der Waals surface area contributed by atoms with Crippen molar-refractivity contribution in [1.29, 1.82) is 0 Å². The van der Waals surface area contributed by atoms with E-state index < -0.39 is 10.0 Å². The van der Waals surface area contributed by atoms with Gasteiger partial charge in [-0.25, -0.2) is 13.1 Å². The molecule has 108 valence electrons. The molecular weight excluding hydrogens is 296 g/mol. The van der Waals surface area contributed by atoms with Crippen molar-refractivity contribution < 1.29 is 8.42 Å². The number of rotatable bonds is 3. The van der Waals surface area contributed by atoms with E-state index in [4.69, 9.17) is 11.6 Å². The molecule has 4 nitrogen and oxygen atoms in total. The van der Waals surface area contributed by atoms with E-state index >= 15 is 0 Å². The van der Waals surface area contributed by atoms with E-state index in [1.165, 1.54) is 6.42 Å². The summed E-state index contributed by atoms with van der Waals surface area (Å²) in [6.45, 7) is 0. The Labute approximate surface area is 123 Å². The van der Waals surface area contributed by atoms with E-state index in [0.717, 1.165) is 36.6 Å². The lowest BCUT2D eigenvalue weighted by Crippen LogP contribution is -2.36. The zero-order valence-electron chi connectivity index (χ0n) is 11.0. The third-order valence-corrected chi connectivity index (χ3v) is 5.45. The molecule has 1 aromatic carbocycles. The third-order valence-electron chi connectivity index (χ3n) is 3.77. The third kappa shape index (κ3) is 2.85. The van der Waals surface area contributed by atoms with Crippen molar-refractivity contribution in [2.24, 2.45) is 0 Å². The lowest BCUT2D eigenvalue weighted by Gasteiger charge is -2.22. The Bertz CT molecular complexity index is 718. The van der Waals surface area contributed by atoms with Gasteiger partial charge in [-0.1, -0.05) is 30.9 Å². The number of fused-ring (bicyclic) bond motifs is 1. The first-order valence-corrected chi connectivity index (χ1v) is 8.71. The molecule has 0 aliphatic heterocycles. The number of nitrogens with one attached hydrogen (secondary N) is 2. The second-order valence-corrected chi connectivity index (χ2v) is 7.44. The van der Waals surface area contributed by atoms with Gasteiger partial charge >= 0.3 is 0 Å². The average molecular weight is 313 g/mol. The van der Waals surface area contributed by atoms with E-state index in [2.05, 4.69) is 9.71 Å². The molecule has 20 heavy (non-hydrogen) atoms. The second-order valence-electron chi connectivity index (χ2n) is 5.32. The van der Waals surface area contributed by atoms with E-state index in [9.17, 15) is 8.42 Å². The van der Waals surface area contributed by atoms with Gasteiger partial charge in [0, 0.05) is 22.0 Å². The number of H-pyrrole nitrogens is 1. The molecule has 0 bridgehead atoms. The molecule has 1 fully saturated rings. The van der Waals surface area contributed by atoms with Gasteiger partial charge in [0.2, 0.25) is 0 Å². The molecule has 0 spiro atoms. The number of hydrogen-bond donors (Lipinski definition) is 2. The maximum Gasteiger partial charge on any atom is 0.256 e.